The average molecular weight is 545 g/mol. The number of rotatable bonds is 7. The summed E-state index contributed by atoms with van der Waals surface area (Å²) in [6.45, 7) is 2.67. The number of amides is 1. The maximum absolute atomic E-state index is 13.7. The number of fused-ring (bicyclic) bond motifs is 1. The van der Waals surface area contributed by atoms with Gasteiger partial charge < -0.3 is 33.9 Å². The molecule has 0 bridgehead atoms. The Labute approximate surface area is 231 Å². The van der Waals surface area contributed by atoms with Crippen molar-refractivity contribution in [1.29, 1.82) is 0 Å². The molecule has 9 heteroatoms. The van der Waals surface area contributed by atoms with Crippen molar-refractivity contribution in [2.24, 2.45) is 0 Å². The van der Waals surface area contributed by atoms with Crippen molar-refractivity contribution < 1.29 is 28.9 Å². The minimum absolute atomic E-state index is 0.0119. The number of phenols is 2. The van der Waals surface area contributed by atoms with Gasteiger partial charge >= 0.3 is 0 Å². The highest BCUT2D eigenvalue weighted by atomic mass is 16.5. The summed E-state index contributed by atoms with van der Waals surface area (Å²) in [4.78, 5) is 30.9. The molecule has 208 valence electrons. The van der Waals surface area contributed by atoms with Gasteiger partial charge in [0.2, 0.25) is 5.91 Å². The molecule has 3 aromatic carbocycles. The van der Waals surface area contributed by atoms with E-state index in [1.807, 2.05) is 25.2 Å². The van der Waals surface area contributed by atoms with Crippen molar-refractivity contribution in [2.75, 3.05) is 47.4 Å². The maximum Gasteiger partial charge on any atom is 0.223 e. The van der Waals surface area contributed by atoms with Crippen LogP contribution in [0.5, 0.6) is 23.0 Å². The fraction of sp³-hybridized carbons (Fsp3) is 0.290. The normalized spacial score (nSPS) is 14.7. The fourth-order valence-electron chi connectivity index (χ4n) is 5.24. The third-order valence-corrected chi connectivity index (χ3v) is 7.46. The summed E-state index contributed by atoms with van der Waals surface area (Å²) in [6, 6.07) is 16.8. The molecule has 1 aliphatic heterocycles. The largest absolute Gasteiger partial charge is 0.507 e. The Kier molecular flexibility index (Phi) is 7.66. The highest BCUT2D eigenvalue weighted by molar-refractivity contribution is 5.91. The van der Waals surface area contributed by atoms with E-state index in [0.29, 0.717) is 35.7 Å². The topological polar surface area (TPSA) is 113 Å². The Hall–Kier alpha value is -4.50. The lowest BCUT2D eigenvalue weighted by molar-refractivity contribution is -0.133. The van der Waals surface area contributed by atoms with E-state index >= 15 is 0 Å². The number of aromatic hydroxyl groups is 2. The summed E-state index contributed by atoms with van der Waals surface area (Å²) in [6.07, 6.45) is -0.0287. The van der Waals surface area contributed by atoms with Gasteiger partial charge in [0, 0.05) is 73.4 Å². The van der Waals surface area contributed by atoms with Crippen molar-refractivity contribution in [3.63, 3.8) is 0 Å². The number of phenolic OH excluding ortho intramolecular Hbond substituents is 2. The van der Waals surface area contributed by atoms with E-state index in [9.17, 15) is 19.8 Å². The number of hydrogen-bond acceptors (Lipinski definition) is 8. The van der Waals surface area contributed by atoms with Crippen molar-refractivity contribution >= 4 is 16.9 Å². The van der Waals surface area contributed by atoms with Gasteiger partial charge in [0.1, 0.15) is 39.7 Å². The smallest absolute Gasteiger partial charge is 0.223 e. The van der Waals surface area contributed by atoms with Gasteiger partial charge in [-0.2, -0.15) is 0 Å². The molecule has 0 radical (unpaired) electrons. The molecule has 9 nitrogen and oxygen atoms in total. The van der Waals surface area contributed by atoms with E-state index in [4.69, 9.17) is 13.9 Å². The van der Waals surface area contributed by atoms with Crippen LogP contribution in [0, 0.1) is 0 Å². The number of ether oxygens (including phenoxy) is 2. The van der Waals surface area contributed by atoms with Crippen LogP contribution in [0.1, 0.15) is 23.5 Å². The molecule has 5 rings (SSSR count). The Bertz CT molecular complexity index is 1590. The molecule has 0 unspecified atom stereocenters. The first kappa shape index (κ1) is 27.1. The molecule has 4 aromatic rings. The second-order valence-corrected chi connectivity index (χ2v) is 9.92. The molecule has 2 heterocycles. The molecule has 1 atom stereocenters. The van der Waals surface area contributed by atoms with Crippen molar-refractivity contribution in [1.82, 2.24) is 9.80 Å². The van der Waals surface area contributed by atoms with Crippen LogP contribution in [0.3, 0.4) is 0 Å². The highest BCUT2D eigenvalue weighted by Gasteiger charge is 2.32. The summed E-state index contributed by atoms with van der Waals surface area (Å²) in [5, 5.41) is 21.9. The first-order chi connectivity index (χ1) is 19.3. The number of hydrogen-bond donors (Lipinski definition) is 2. The van der Waals surface area contributed by atoms with E-state index in [2.05, 4.69) is 4.90 Å². The summed E-state index contributed by atoms with van der Waals surface area (Å²) in [5.41, 5.74) is 1.01. The zero-order chi connectivity index (χ0) is 28.4. The minimum Gasteiger partial charge on any atom is -0.507 e. The van der Waals surface area contributed by atoms with E-state index in [1.54, 1.807) is 42.3 Å². The summed E-state index contributed by atoms with van der Waals surface area (Å²) < 4.78 is 17.3. The quantitative estimate of drug-likeness (QED) is 0.356. The SMILES string of the molecule is COc1ccc([C@@H](CC(=O)N2CCN(C)CC2)c2c(O)cc(O)c3c(=O)cc(-c4ccccc4)oc23)c(OC)c1. The molecule has 40 heavy (non-hydrogen) atoms. The lowest BCUT2D eigenvalue weighted by Crippen LogP contribution is -2.47. The lowest BCUT2D eigenvalue weighted by Gasteiger charge is -2.33. The number of likely N-dealkylation sites (N-methyl/N-ethyl adjacent to an activating group) is 1. The maximum atomic E-state index is 13.7. The highest BCUT2D eigenvalue weighted by Crippen LogP contribution is 2.45. The predicted octanol–water partition coefficient (Wildman–Crippen LogP) is 4.18. The van der Waals surface area contributed by atoms with Gasteiger partial charge in [-0.3, -0.25) is 9.59 Å². The number of carbonyl (C=O) groups is 1. The zero-order valence-electron chi connectivity index (χ0n) is 22.7. The molecule has 0 aliphatic carbocycles. The van der Waals surface area contributed by atoms with Gasteiger partial charge in [0.05, 0.1) is 14.2 Å². The Morgan fingerprint density at radius 3 is 2.35 bits per heavy atom. The molecular weight excluding hydrogens is 512 g/mol. The third kappa shape index (κ3) is 5.20. The number of nitrogens with zero attached hydrogens (tertiary/aromatic N) is 2. The molecule has 1 amide bonds. The Morgan fingerprint density at radius 1 is 0.950 bits per heavy atom. The summed E-state index contributed by atoms with van der Waals surface area (Å²) in [5.74, 6) is -0.318. The van der Waals surface area contributed by atoms with Crippen molar-refractivity contribution in [2.45, 2.75) is 12.3 Å². The first-order valence-corrected chi connectivity index (χ1v) is 13.1. The molecule has 2 N–H and O–H groups in total. The van der Waals surface area contributed by atoms with Crippen LogP contribution in [-0.4, -0.2) is 73.4 Å². The standard InChI is InChI=1S/C31H32N2O7/c1-32-11-13-33(14-12-32)28(37)16-22(21-10-9-20(38-2)15-27(21)39-3)29-23(34)17-24(35)30-25(36)18-26(40-31(29)30)19-7-5-4-6-8-19/h4-10,15,17-18,22,34-35H,11-14,16H2,1-3H3/t22-/m1/s1. The van der Waals surface area contributed by atoms with Crippen molar-refractivity contribution in [3.05, 3.63) is 82.0 Å². The van der Waals surface area contributed by atoms with Crippen LogP contribution in [-0.2, 0) is 4.79 Å². The zero-order valence-corrected chi connectivity index (χ0v) is 22.7. The van der Waals surface area contributed by atoms with Crippen LogP contribution in [0.25, 0.3) is 22.3 Å². The summed E-state index contributed by atoms with van der Waals surface area (Å²) >= 11 is 0. The van der Waals surface area contributed by atoms with Crippen LogP contribution >= 0.6 is 0 Å². The lowest BCUT2D eigenvalue weighted by atomic mass is 9.85. The molecule has 1 aromatic heterocycles. The molecule has 1 fully saturated rings. The second kappa shape index (κ2) is 11.3. The monoisotopic (exact) mass is 544 g/mol. The van der Waals surface area contributed by atoms with E-state index in [1.165, 1.54) is 13.2 Å². The van der Waals surface area contributed by atoms with Gasteiger partial charge in [-0.05, 0) is 13.1 Å². The van der Waals surface area contributed by atoms with Gasteiger partial charge in [0.25, 0.3) is 0 Å². The van der Waals surface area contributed by atoms with Crippen molar-refractivity contribution in [3.8, 4) is 34.3 Å². The average Bonchev–Trinajstić information content (AvgIpc) is 2.96. The van der Waals surface area contributed by atoms with Crippen LogP contribution in [0.15, 0.2) is 69.9 Å². The summed E-state index contributed by atoms with van der Waals surface area (Å²) in [7, 11) is 5.07. The fourth-order valence-corrected chi connectivity index (χ4v) is 5.24. The van der Waals surface area contributed by atoms with Gasteiger partial charge in [0.15, 0.2) is 5.43 Å². The van der Waals surface area contributed by atoms with Crippen LogP contribution in [0.4, 0.5) is 0 Å². The van der Waals surface area contributed by atoms with Crippen LogP contribution in [0.2, 0.25) is 0 Å². The number of carbonyl (C=O) groups excluding carboxylic acids is 1. The molecular formula is C31H32N2O7. The van der Waals surface area contributed by atoms with Crippen LogP contribution < -0.4 is 14.9 Å². The minimum atomic E-state index is -0.773. The number of piperazine rings is 1. The predicted molar refractivity (Wildman–Crippen MR) is 151 cm³/mol. The molecule has 1 aliphatic rings. The number of methoxy groups -OCH3 is 2. The van der Waals surface area contributed by atoms with Gasteiger partial charge in [-0.15, -0.1) is 0 Å². The second-order valence-electron chi connectivity index (χ2n) is 9.92. The molecule has 0 saturated carbocycles. The third-order valence-electron chi connectivity index (χ3n) is 7.46. The Morgan fingerprint density at radius 2 is 1.68 bits per heavy atom. The van der Waals surface area contributed by atoms with E-state index in [-0.39, 0.29) is 40.4 Å². The first-order valence-electron chi connectivity index (χ1n) is 13.1. The van der Waals surface area contributed by atoms with E-state index < -0.39 is 17.1 Å². The number of benzene rings is 3. The Balaban J connectivity index is 1.73. The van der Waals surface area contributed by atoms with E-state index in [0.717, 1.165) is 19.2 Å². The molecule has 0 spiro atoms. The molecule has 1 saturated heterocycles. The van der Waals surface area contributed by atoms with Gasteiger partial charge in [-0.1, -0.05) is 36.4 Å². The van der Waals surface area contributed by atoms with Gasteiger partial charge in [-0.25, -0.2) is 0 Å².